The molecule has 0 spiro atoms. The fourth-order valence-corrected chi connectivity index (χ4v) is 1.46. The van der Waals surface area contributed by atoms with Crippen LogP contribution in [0.1, 0.15) is 19.4 Å². The van der Waals surface area contributed by atoms with Gasteiger partial charge in [-0.2, -0.15) is 5.26 Å². The third kappa shape index (κ3) is 2.67. The van der Waals surface area contributed by atoms with Crippen LogP contribution in [0.3, 0.4) is 0 Å². The SMILES string of the molecule is CC(=O)C(C)(C#N)Cc1ccccc1[N+](=O)[O-]. The van der Waals surface area contributed by atoms with E-state index in [0.29, 0.717) is 5.56 Å². The van der Waals surface area contributed by atoms with Crippen molar-refractivity contribution in [1.29, 1.82) is 5.26 Å². The van der Waals surface area contributed by atoms with Crippen molar-refractivity contribution in [2.24, 2.45) is 5.41 Å². The maximum Gasteiger partial charge on any atom is 0.272 e. The first-order valence-electron chi connectivity index (χ1n) is 5.05. The average Bonchev–Trinajstić information content (AvgIpc) is 2.29. The average molecular weight is 232 g/mol. The van der Waals surface area contributed by atoms with Crippen molar-refractivity contribution in [3.05, 3.63) is 39.9 Å². The molecule has 0 saturated heterocycles. The van der Waals surface area contributed by atoms with E-state index in [0.717, 1.165) is 0 Å². The normalized spacial score (nSPS) is 13.5. The molecule has 0 saturated carbocycles. The highest BCUT2D eigenvalue weighted by atomic mass is 16.6. The second-order valence-electron chi connectivity index (χ2n) is 4.06. The summed E-state index contributed by atoms with van der Waals surface area (Å²) in [6.45, 7) is 2.81. The van der Waals surface area contributed by atoms with E-state index in [-0.39, 0.29) is 17.9 Å². The van der Waals surface area contributed by atoms with Crippen LogP contribution in [-0.4, -0.2) is 10.7 Å². The quantitative estimate of drug-likeness (QED) is 0.588. The van der Waals surface area contributed by atoms with Crippen LogP contribution < -0.4 is 0 Å². The number of para-hydroxylation sites is 1. The van der Waals surface area contributed by atoms with Gasteiger partial charge in [-0.15, -0.1) is 0 Å². The molecule has 0 aromatic heterocycles. The summed E-state index contributed by atoms with van der Waals surface area (Å²) in [6, 6.07) is 8.06. The van der Waals surface area contributed by atoms with Gasteiger partial charge in [-0.3, -0.25) is 14.9 Å². The number of Topliss-reactive ketones (excluding diaryl/α,β-unsaturated/α-hetero) is 1. The second kappa shape index (κ2) is 4.74. The van der Waals surface area contributed by atoms with E-state index in [2.05, 4.69) is 0 Å². The van der Waals surface area contributed by atoms with Crippen molar-refractivity contribution in [3.63, 3.8) is 0 Å². The van der Waals surface area contributed by atoms with Gasteiger partial charge in [0.2, 0.25) is 0 Å². The molecule has 1 rings (SSSR count). The summed E-state index contributed by atoms with van der Waals surface area (Å²) < 4.78 is 0. The summed E-state index contributed by atoms with van der Waals surface area (Å²) in [5.41, 5.74) is -0.876. The molecule has 0 aliphatic rings. The highest BCUT2D eigenvalue weighted by Gasteiger charge is 2.32. The maximum atomic E-state index is 11.4. The smallest absolute Gasteiger partial charge is 0.272 e. The topological polar surface area (TPSA) is 84.0 Å². The Hall–Kier alpha value is -2.22. The van der Waals surface area contributed by atoms with E-state index in [1.54, 1.807) is 18.2 Å². The van der Waals surface area contributed by atoms with Gasteiger partial charge in [0.25, 0.3) is 5.69 Å². The molecule has 17 heavy (non-hydrogen) atoms. The van der Waals surface area contributed by atoms with Gasteiger partial charge in [0, 0.05) is 18.1 Å². The Balaban J connectivity index is 3.16. The molecule has 0 aliphatic heterocycles. The molecule has 0 fully saturated rings. The Morgan fingerprint density at radius 3 is 2.59 bits per heavy atom. The van der Waals surface area contributed by atoms with Crippen LogP contribution in [0.2, 0.25) is 0 Å². The molecule has 1 atom stereocenters. The van der Waals surface area contributed by atoms with Gasteiger partial charge in [-0.05, 0) is 13.8 Å². The number of nitrogens with zero attached hydrogens (tertiary/aromatic N) is 2. The van der Waals surface area contributed by atoms with Crippen LogP contribution in [0.4, 0.5) is 5.69 Å². The van der Waals surface area contributed by atoms with Gasteiger partial charge in [-0.1, -0.05) is 18.2 Å². The lowest BCUT2D eigenvalue weighted by atomic mass is 9.81. The lowest BCUT2D eigenvalue weighted by Crippen LogP contribution is -2.26. The number of hydrogen-bond donors (Lipinski definition) is 0. The Bertz CT molecular complexity index is 505. The first-order chi connectivity index (χ1) is 7.90. The standard InChI is InChI=1S/C12H12N2O3/c1-9(15)12(2,8-13)7-10-5-3-4-6-11(10)14(16)17/h3-6H,7H2,1-2H3. The van der Waals surface area contributed by atoms with Crippen molar-refractivity contribution in [2.45, 2.75) is 20.3 Å². The zero-order chi connectivity index (χ0) is 13.1. The first-order valence-corrected chi connectivity index (χ1v) is 5.05. The van der Waals surface area contributed by atoms with Gasteiger partial charge >= 0.3 is 0 Å². The molecule has 1 aromatic rings. The fourth-order valence-electron chi connectivity index (χ4n) is 1.46. The molecule has 1 aromatic carbocycles. The van der Waals surface area contributed by atoms with Crippen LogP contribution in [-0.2, 0) is 11.2 Å². The molecule has 5 heteroatoms. The lowest BCUT2D eigenvalue weighted by Gasteiger charge is -2.17. The van der Waals surface area contributed by atoms with Crippen LogP contribution in [0, 0.1) is 26.9 Å². The molecule has 1 unspecified atom stereocenters. The van der Waals surface area contributed by atoms with Crippen LogP contribution >= 0.6 is 0 Å². The minimum absolute atomic E-state index is 0.0516. The van der Waals surface area contributed by atoms with Gasteiger partial charge in [0.05, 0.1) is 11.0 Å². The highest BCUT2D eigenvalue weighted by Crippen LogP contribution is 2.28. The number of benzene rings is 1. The zero-order valence-electron chi connectivity index (χ0n) is 9.64. The van der Waals surface area contributed by atoms with E-state index in [9.17, 15) is 14.9 Å². The van der Waals surface area contributed by atoms with E-state index < -0.39 is 10.3 Å². The number of nitriles is 1. The van der Waals surface area contributed by atoms with E-state index >= 15 is 0 Å². The van der Waals surface area contributed by atoms with Gasteiger partial charge in [-0.25, -0.2) is 0 Å². The minimum atomic E-state index is -1.22. The van der Waals surface area contributed by atoms with Gasteiger partial charge in [0.15, 0.2) is 0 Å². The van der Waals surface area contributed by atoms with Crippen LogP contribution in [0.5, 0.6) is 0 Å². The molecule has 0 amide bonds. The van der Waals surface area contributed by atoms with Crippen molar-refractivity contribution < 1.29 is 9.72 Å². The third-order valence-corrected chi connectivity index (χ3v) is 2.76. The number of hydrogen-bond acceptors (Lipinski definition) is 4. The minimum Gasteiger partial charge on any atom is -0.298 e. The molecule has 88 valence electrons. The molecule has 0 bridgehead atoms. The lowest BCUT2D eigenvalue weighted by molar-refractivity contribution is -0.385. The largest absolute Gasteiger partial charge is 0.298 e. The van der Waals surface area contributed by atoms with Crippen molar-refractivity contribution >= 4 is 11.5 Å². The Labute approximate surface area is 98.8 Å². The number of ketones is 1. The van der Waals surface area contributed by atoms with E-state index in [1.807, 2.05) is 6.07 Å². The third-order valence-electron chi connectivity index (χ3n) is 2.76. The fraction of sp³-hybridized carbons (Fsp3) is 0.333. The van der Waals surface area contributed by atoms with Crippen molar-refractivity contribution in [2.75, 3.05) is 0 Å². The maximum absolute atomic E-state index is 11.4. The van der Waals surface area contributed by atoms with Crippen molar-refractivity contribution in [1.82, 2.24) is 0 Å². The molecule has 0 N–H and O–H groups in total. The first kappa shape index (κ1) is 12.8. The van der Waals surface area contributed by atoms with Crippen LogP contribution in [0.25, 0.3) is 0 Å². The number of carbonyl (C=O) groups is 1. The summed E-state index contributed by atoms with van der Waals surface area (Å²) >= 11 is 0. The summed E-state index contributed by atoms with van der Waals surface area (Å²) in [4.78, 5) is 21.7. The number of rotatable bonds is 4. The number of nitro groups is 1. The van der Waals surface area contributed by atoms with E-state index in [1.165, 1.54) is 19.9 Å². The zero-order valence-corrected chi connectivity index (χ0v) is 9.64. The molecule has 0 aliphatic carbocycles. The number of nitro benzene ring substituents is 1. The molecular formula is C12H12N2O3. The van der Waals surface area contributed by atoms with Gasteiger partial charge in [0.1, 0.15) is 11.2 Å². The number of carbonyl (C=O) groups excluding carboxylic acids is 1. The van der Waals surface area contributed by atoms with Crippen molar-refractivity contribution in [3.8, 4) is 6.07 Å². The molecule has 5 nitrogen and oxygen atoms in total. The summed E-state index contributed by atoms with van der Waals surface area (Å²) in [7, 11) is 0. The van der Waals surface area contributed by atoms with Crippen LogP contribution in [0.15, 0.2) is 24.3 Å². The van der Waals surface area contributed by atoms with E-state index in [4.69, 9.17) is 5.26 Å². The second-order valence-corrected chi connectivity index (χ2v) is 4.06. The Morgan fingerprint density at radius 1 is 1.53 bits per heavy atom. The predicted molar refractivity (Wildman–Crippen MR) is 61.2 cm³/mol. The summed E-state index contributed by atoms with van der Waals surface area (Å²) in [6.07, 6.45) is 0.0516. The summed E-state index contributed by atoms with van der Waals surface area (Å²) in [5, 5.41) is 19.8. The highest BCUT2D eigenvalue weighted by molar-refractivity contribution is 5.85. The molecule has 0 radical (unpaired) electrons. The molecule has 0 heterocycles. The molecular weight excluding hydrogens is 220 g/mol. The monoisotopic (exact) mass is 232 g/mol. The Kier molecular flexibility index (Phi) is 3.59. The van der Waals surface area contributed by atoms with Gasteiger partial charge < -0.3 is 0 Å². The summed E-state index contributed by atoms with van der Waals surface area (Å²) in [5.74, 6) is -0.293. The Morgan fingerprint density at radius 2 is 2.12 bits per heavy atom. The predicted octanol–water partition coefficient (Wildman–Crippen LogP) is 2.26.